The number of unbranched alkanes of at least 4 members (excludes halogenated alkanes) is 1. The van der Waals surface area contributed by atoms with Crippen LogP contribution in [0.5, 0.6) is 0 Å². The quantitative estimate of drug-likeness (QED) is 0.349. The molecule has 0 aromatic carbocycles. The first-order valence-electron chi connectivity index (χ1n) is 6.26. The number of hydrogen-bond donors (Lipinski definition) is 2. The molecule has 0 aliphatic carbocycles. The number of halogens is 1. The van der Waals surface area contributed by atoms with Crippen molar-refractivity contribution in [1.82, 2.24) is 10.2 Å². The number of nitrogens with zero attached hydrogens (tertiary/aromatic N) is 2. The Morgan fingerprint density at radius 3 is 3.11 bits per heavy atom. The molecule has 2 unspecified atom stereocenters. The number of oxime groups is 1. The molecule has 2 rings (SSSR count). The van der Waals surface area contributed by atoms with E-state index >= 15 is 0 Å². The normalized spacial score (nSPS) is 29.3. The molecule has 6 heteroatoms. The number of amides is 1. The lowest BCUT2D eigenvalue weighted by molar-refractivity contribution is -0.125. The minimum absolute atomic E-state index is 0.00882. The van der Waals surface area contributed by atoms with Gasteiger partial charge in [-0.1, -0.05) is 11.2 Å². The van der Waals surface area contributed by atoms with Gasteiger partial charge in [-0.3, -0.25) is 4.79 Å². The lowest BCUT2D eigenvalue weighted by Crippen LogP contribution is -2.45. The van der Waals surface area contributed by atoms with Crippen molar-refractivity contribution in [2.45, 2.75) is 25.3 Å². The Morgan fingerprint density at radius 2 is 2.39 bits per heavy atom. The highest BCUT2D eigenvalue weighted by atomic mass is 35.5. The van der Waals surface area contributed by atoms with Crippen molar-refractivity contribution in [1.29, 1.82) is 0 Å². The van der Waals surface area contributed by atoms with Crippen LogP contribution in [0, 0.1) is 5.92 Å². The smallest absolute Gasteiger partial charge is 0.243 e. The number of carbonyl (C=O) groups excluding carboxylic acids is 1. The Kier molecular flexibility index (Phi) is 4.47. The van der Waals surface area contributed by atoms with Crippen LogP contribution in [0.15, 0.2) is 17.4 Å². The summed E-state index contributed by atoms with van der Waals surface area (Å²) in [4.78, 5) is 14.1. The third-order valence-corrected chi connectivity index (χ3v) is 3.71. The molecule has 0 radical (unpaired) electrons. The summed E-state index contributed by atoms with van der Waals surface area (Å²) in [5, 5.41) is 15.2. The third kappa shape index (κ3) is 2.61. The van der Waals surface area contributed by atoms with Gasteiger partial charge in [0.1, 0.15) is 6.04 Å². The fourth-order valence-electron chi connectivity index (χ4n) is 2.52. The summed E-state index contributed by atoms with van der Waals surface area (Å²) in [7, 11) is 0. The number of fused-ring (bicyclic) bond motifs is 1. The van der Waals surface area contributed by atoms with Gasteiger partial charge >= 0.3 is 0 Å². The van der Waals surface area contributed by atoms with Gasteiger partial charge in [-0.15, -0.1) is 11.6 Å². The van der Waals surface area contributed by atoms with Crippen LogP contribution >= 0.6 is 11.6 Å². The van der Waals surface area contributed by atoms with Crippen LogP contribution in [0.25, 0.3) is 0 Å². The Bertz CT molecular complexity index is 370. The number of rotatable bonds is 4. The molecule has 2 aliphatic heterocycles. The summed E-state index contributed by atoms with van der Waals surface area (Å²) in [5.74, 6) is 0.546. The van der Waals surface area contributed by atoms with E-state index in [4.69, 9.17) is 16.8 Å². The van der Waals surface area contributed by atoms with Crippen LogP contribution in [0.3, 0.4) is 0 Å². The zero-order chi connectivity index (χ0) is 13.0. The van der Waals surface area contributed by atoms with E-state index in [1.54, 1.807) is 0 Å². The van der Waals surface area contributed by atoms with Gasteiger partial charge in [-0.2, -0.15) is 0 Å². The maximum absolute atomic E-state index is 12.0. The van der Waals surface area contributed by atoms with Crippen LogP contribution in [-0.4, -0.2) is 46.7 Å². The first kappa shape index (κ1) is 13.2. The Morgan fingerprint density at radius 1 is 1.56 bits per heavy atom. The van der Waals surface area contributed by atoms with Gasteiger partial charge in [-0.05, 0) is 19.0 Å². The van der Waals surface area contributed by atoms with Crippen LogP contribution in [-0.2, 0) is 4.79 Å². The Labute approximate surface area is 111 Å². The van der Waals surface area contributed by atoms with E-state index in [0.717, 1.165) is 19.4 Å². The molecule has 1 fully saturated rings. The Balaban J connectivity index is 2.08. The number of nitrogens with one attached hydrogen (secondary N) is 1. The predicted molar refractivity (Wildman–Crippen MR) is 69.9 cm³/mol. The monoisotopic (exact) mass is 271 g/mol. The van der Waals surface area contributed by atoms with Crippen molar-refractivity contribution in [2.75, 3.05) is 19.0 Å². The van der Waals surface area contributed by atoms with E-state index in [1.165, 1.54) is 0 Å². The van der Waals surface area contributed by atoms with Gasteiger partial charge in [0, 0.05) is 31.3 Å². The zero-order valence-corrected chi connectivity index (χ0v) is 10.9. The molecule has 0 spiro atoms. The molecule has 0 aromatic rings. The molecule has 18 heavy (non-hydrogen) atoms. The maximum Gasteiger partial charge on any atom is 0.243 e. The van der Waals surface area contributed by atoms with E-state index in [1.807, 2.05) is 17.2 Å². The van der Waals surface area contributed by atoms with Crippen LogP contribution in [0.2, 0.25) is 0 Å². The Hall–Kier alpha value is -1.23. The van der Waals surface area contributed by atoms with Gasteiger partial charge in [-0.25, -0.2) is 0 Å². The minimum Gasteiger partial charge on any atom is -0.411 e. The van der Waals surface area contributed by atoms with Crippen molar-refractivity contribution in [3.8, 4) is 0 Å². The van der Waals surface area contributed by atoms with Crippen LogP contribution < -0.4 is 5.32 Å². The maximum atomic E-state index is 12.0. The SMILES string of the molecule is O=C1NCC/C(=N/O)C2C=CN(CCCCCl)C12. The van der Waals surface area contributed by atoms with Crippen molar-refractivity contribution in [3.63, 3.8) is 0 Å². The van der Waals surface area contributed by atoms with E-state index in [9.17, 15) is 4.79 Å². The number of carbonyl (C=O) groups is 1. The van der Waals surface area contributed by atoms with Gasteiger partial charge in [0.05, 0.1) is 5.71 Å². The molecular weight excluding hydrogens is 254 g/mol. The lowest BCUT2D eigenvalue weighted by atomic mass is 9.95. The average Bonchev–Trinajstić information content (AvgIpc) is 2.71. The van der Waals surface area contributed by atoms with Gasteiger partial charge < -0.3 is 15.4 Å². The van der Waals surface area contributed by atoms with Crippen LogP contribution in [0.4, 0.5) is 0 Å². The summed E-state index contributed by atoms with van der Waals surface area (Å²) in [5.41, 5.74) is 0.675. The highest BCUT2D eigenvalue weighted by Gasteiger charge is 2.39. The third-order valence-electron chi connectivity index (χ3n) is 3.44. The standard InChI is InChI=1S/C12H18ClN3O2/c13-5-1-2-7-16-8-4-9-10(15-18)3-6-14-12(17)11(9)16/h4,8-9,11,18H,1-3,5-7H2,(H,14,17)/b15-10-. The second kappa shape index (κ2) is 6.09. The van der Waals surface area contributed by atoms with Crippen molar-refractivity contribution < 1.29 is 10.0 Å². The minimum atomic E-state index is -0.270. The highest BCUT2D eigenvalue weighted by Crippen LogP contribution is 2.26. The fraction of sp³-hybridized carbons (Fsp3) is 0.667. The summed E-state index contributed by atoms with van der Waals surface area (Å²) < 4.78 is 0. The lowest BCUT2D eigenvalue weighted by Gasteiger charge is -2.26. The summed E-state index contributed by atoms with van der Waals surface area (Å²) in [6.45, 7) is 1.34. The van der Waals surface area contributed by atoms with Crippen molar-refractivity contribution >= 4 is 23.2 Å². The first-order valence-corrected chi connectivity index (χ1v) is 6.80. The molecule has 100 valence electrons. The molecule has 2 heterocycles. The average molecular weight is 272 g/mol. The number of hydrogen-bond acceptors (Lipinski definition) is 4. The number of alkyl halides is 1. The molecule has 0 aromatic heterocycles. The summed E-state index contributed by atoms with van der Waals surface area (Å²) in [6, 6.07) is -0.270. The second-order valence-electron chi connectivity index (χ2n) is 4.58. The highest BCUT2D eigenvalue weighted by molar-refractivity contribution is 6.17. The molecule has 1 amide bonds. The zero-order valence-electron chi connectivity index (χ0n) is 10.2. The molecule has 5 nitrogen and oxygen atoms in total. The molecule has 2 aliphatic rings. The topological polar surface area (TPSA) is 64.9 Å². The second-order valence-corrected chi connectivity index (χ2v) is 4.96. The van der Waals surface area contributed by atoms with Gasteiger partial charge in [0.2, 0.25) is 5.91 Å². The van der Waals surface area contributed by atoms with Crippen LogP contribution in [0.1, 0.15) is 19.3 Å². The molecule has 2 N–H and O–H groups in total. The van der Waals surface area contributed by atoms with Gasteiger partial charge in [0.25, 0.3) is 0 Å². The van der Waals surface area contributed by atoms with E-state index in [-0.39, 0.29) is 17.9 Å². The molecule has 2 atom stereocenters. The molecule has 1 saturated heterocycles. The molecule has 0 saturated carbocycles. The van der Waals surface area contributed by atoms with Crippen molar-refractivity contribution in [2.24, 2.45) is 11.1 Å². The summed E-state index contributed by atoms with van der Waals surface area (Å²) in [6.07, 6.45) is 6.37. The predicted octanol–water partition coefficient (Wildman–Crippen LogP) is 1.17. The molecular formula is C12H18ClN3O2. The largest absolute Gasteiger partial charge is 0.411 e. The first-order chi connectivity index (χ1) is 8.77. The van der Waals surface area contributed by atoms with E-state index < -0.39 is 0 Å². The fourth-order valence-corrected chi connectivity index (χ4v) is 2.71. The van der Waals surface area contributed by atoms with E-state index in [2.05, 4.69) is 10.5 Å². The summed E-state index contributed by atoms with van der Waals surface area (Å²) >= 11 is 5.66. The van der Waals surface area contributed by atoms with Gasteiger partial charge in [0.15, 0.2) is 0 Å². The van der Waals surface area contributed by atoms with Crippen molar-refractivity contribution in [3.05, 3.63) is 12.3 Å². The molecule has 0 bridgehead atoms. The van der Waals surface area contributed by atoms with E-state index in [0.29, 0.717) is 24.6 Å².